The Morgan fingerprint density at radius 2 is 2.17 bits per heavy atom. The maximum absolute atomic E-state index is 12.4. The van der Waals surface area contributed by atoms with E-state index in [1.807, 2.05) is 6.92 Å². The number of aromatic nitrogens is 4. The average molecular weight is 334 g/mol. The number of hydrogen-bond acceptors (Lipinski definition) is 8. The van der Waals surface area contributed by atoms with Crippen LogP contribution in [0.4, 0.5) is 11.4 Å². The largest absolute Gasteiger partial charge is 0.454 e. The Balaban J connectivity index is 2.20. The van der Waals surface area contributed by atoms with Crippen LogP contribution in [0.5, 0.6) is 0 Å². The highest BCUT2D eigenvalue weighted by Crippen LogP contribution is 2.25. The van der Waals surface area contributed by atoms with E-state index in [1.165, 1.54) is 18.2 Å². The van der Waals surface area contributed by atoms with Crippen LogP contribution < -0.4 is 4.90 Å². The number of esters is 1. The Bertz CT molecular complexity index is 743. The van der Waals surface area contributed by atoms with E-state index >= 15 is 0 Å². The Kier molecular flexibility index (Phi) is 5.40. The van der Waals surface area contributed by atoms with Crippen LogP contribution in [0.25, 0.3) is 0 Å². The second-order valence-electron chi connectivity index (χ2n) is 5.25. The number of nitro benzene ring substituents is 1. The lowest BCUT2D eigenvalue weighted by atomic mass is 10.1. The van der Waals surface area contributed by atoms with Crippen LogP contribution in [-0.4, -0.2) is 45.2 Å². The molecule has 24 heavy (non-hydrogen) atoms. The Morgan fingerprint density at radius 3 is 2.79 bits per heavy atom. The van der Waals surface area contributed by atoms with Gasteiger partial charge < -0.3 is 9.64 Å². The van der Waals surface area contributed by atoms with Crippen LogP contribution in [0, 0.1) is 10.1 Å². The summed E-state index contributed by atoms with van der Waals surface area (Å²) in [5, 5.41) is 22.1. The van der Waals surface area contributed by atoms with Gasteiger partial charge in [0.2, 0.25) is 0 Å². The van der Waals surface area contributed by atoms with Crippen molar-refractivity contribution in [1.82, 2.24) is 20.2 Å². The molecule has 1 heterocycles. The molecule has 10 heteroatoms. The van der Waals surface area contributed by atoms with E-state index in [9.17, 15) is 14.9 Å². The third-order valence-corrected chi connectivity index (χ3v) is 3.27. The third kappa shape index (κ3) is 3.83. The summed E-state index contributed by atoms with van der Waals surface area (Å²) in [4.78, 5) is 24.4. The zero-order valence-corrected chi connectivity index (χ0v) is 13.7. The molecule has 0 radical (unpaired) electrons. The van der Waals surface area contributed by atoms with Gasteiger partial charge in [-0.05, 0) is 22.9 Å². The van der Waals surface area contributed by atoms with E-state index in [4.69, 9.17) is 4.74 Å². The summed E-state index contributed by atoms with van der Waals surface area (Å²) < 4.78 is 6.78. The molecule has 10 nitrogen and oxygen atoms in total. The number of nitrogens with zero attached hydrogens (tertiary/aromatic N) is 6. The van der Waals surface area contributed by atoms with Crippen molar-refractivity contribution in [2.24, 2.45) is 0 Å². The molecule has 0 N–H and O–H groups in total. The number of benzene rings is 1. The number of ether oxygens (including phenoxy) is 1. The molecule has 0 saturated carbocycles. The van der Waals surface area contributed by atoms with Gasteiger partial charge in [0, 0.05) is 32.8 Å². The quantitative estimate of drug-likeness (QED) is 0.424. The highest BCUT2D eigenvalue weighted by molar-refractivity contribution is 5.96. The number of hydrogen-bond donors (Lipinski definition) is 0. The zero-order valence-electron chi connectivity index (χ0n) is 13.7. The first-order valence-electron chi connectivity index (χ1n) is 7.32. The van der Waals surface area contributed by atoms with E-state index in [1.54, 1.807) is 23.7 Å². The van der Waals surface area contributed by atoms with E-state index in [0.29, 0.717) is 18.1 Å². The molecular formula is C14H18N6O4. The van der Waals surface area contributed by atoms with Crippen LogP contribution in [0.1, 0.15) is 29.5 Å². The summed E-state index contributed by atoms with van der Waals surface area (Å²) in [6, 6.07) is 4.05. The van der Waals surface area contributed by atoms with Crippen molar-refractivity contribution < 1.29 is 14.5 Å². The highest BCUT2D eigenvalue weighted by atomic mass is 16.6. The minimum Gasteiger partial charge on any atom is -0.454 e. The van der Waals surface area contributed by atoms with Gasteiger partial charge in [-0.3, -0.25) is 10.1 Å². The number of anilines is 1. The second kappa shape index (κ2) is 7.49. The fourth-order valence-corrected chi connectivity index (χ4v) is 2.11. The van der Waals surface area contributed by atoms with E-state index in [-0.39, 0.29) is 17.9 Å². The van der Waals surface area contributed by atoms with Crippen LogP contribution in [0.15, 0.2) is 18.2 Å². The molecule has 0 bridgehead atoms. The lowest BCUT2D eigenvalue weighted by Crippen LogP contribution is -2.16. The lowest BCUT2D eigenvalue weighted by Gasteiger charge is -2.16. The van der Waals surface area contributed by atoms with Crippen LogP contribution in [0.3, 0.4) is 0 Å². The van der Waals surface area contributed by atoms with Gasteiger partial charge in [-0.15, -0.1) is 5.10 Å². The first-order chi connectivity index (χ1) is 11.4. The summed E-state index contributed by atoms with van der Waals surface area (Å²) in [7, 11) is 3.47. The van der Waals surface area contributed by atoms with Gasteiger partial charge in [-0.2, -0.15) is 0 Å². The zero-order chi connectivity index (χ0) is 17.7. The van der Waals surface area contributed by atoms with Crippen molar-refractivity contribution in [1.29, 1.82) is 0 Å². The van der Waals surface area contributed by atoms with Crippen LogP contribution >= 0.6 is 0 Å². The molecule has 1 aromatic carbocycles. The van der Waals surface area contributed by atoms with Gasteiger partial charge in [-0.25, -0.2) is 9.48 Å². The molecule has 0 aliphatic rings. The maximum Gasteiger partial charge on any atom is 0.340 e. The Labute approximate surface area is 138 Å². The number of nitro groups is 1. The van der Waals surface area contributed by atoms with Gasteiger partial charge in [0.25, 0.3) is 5.69 Å². The van der Waals surface area contributed by atoms with Crippen molar-refractivity contribution >= 4 is 17.3 Å². The number of aryl methyl sites for hydroxylation is 1. The molecule has 0 saturated heterocycles. The number of carbonyl (C=O) groups is 1. The molecule has 1 aromatic heterocycles. The van der Waals surface area contributed by atoms with Crippen molar-refractivity contribution in [3.8, 4) is 0 Å². The van der Waals surface area contributed by atoms with Crippen molar-refractivity contribution in [3.63, 3.8) is 0 Å². The predicted molar refractivity (Wildman–Crippen MR) is 84.7 cm³/mol. The van der Waals surface area contributed by atoms with E-state index in [0.717, 1.165) is 6.42 Å². The molecule has 0 aliphatic carbocycles. The van der Waals surface area contributed by atoms with Crippen LogP contribution in [-0.2, 0) is 17.9 Å². The number of tetrazole rings is 1. The summed E-state index contributed by atoms with van der Waals surface area (Å²) in [5.41, 5.74) is 0.464. The van der Waals surface area contributed by atoms with Crippen molar-refractivity contribution in [3.05, 3.63) is 39.7 Å². The fraction of sp³-hybridized carbons (Fsp3) is 0.429. The van der Waals surface area contributed by atoms with Crippen molar-refractivity contribution in [2.45, 2.75) is 26.5 Å². The van der Waals surface area contributed by atoms with Gasteiger partial charge in [0.1, 0.15) is 0 Å². The van der Waals surface area contributed by atoms with Gasteiger partial charge in [-0.1, -0.05) is 6.92 Å². The Morgan fingerprint density at radius 1 is 1.42 bits per heavy atom. The summed E-state index contributed by atoms with van der Waals surface area (Å²) in [5.74, 6) is -0.254. The standard InChI is InChI=1S/C14H18N6O4/c1-4-7-19-13(15-16-17-19)9-24-14(21)11-8-10(20(22)23)5-6-12(11)18(2)3/h5-6,8H,4,7,9H2,1-3H3. The second-order valence-corrected chi connectivity index (χ2v) is 5.25. The van der Waals surface area contributed by atoms with E-state index < -0.39 is 10.9 Å². The summed E-state index contributed by atoms with van der Waals surface area (Å²) in [6.07, 6.45) is 0.835. The normalized spacial score (nSPS) is 10.5. The summed E-state index contributed by atoms with van der Waals surface area (Å²) >= 11 is 0. The molecule has 0 fully saturated rings. The molecule has 2 aromatic rings. The molecule has 128 valence electrons. The van der Waals surface area contributed by atoms with Crippen molar-refractivity contribution in [2.75, 3.05) is 19.0 Å². The van der Waals surface area contributed by atoms with Crippen LogP contribution in [0.2, 0.25) is 0 Å². The van der Waals surface area contributed by atoms with E-state index in [2.05, 4.69) is 15.5 Å². The number of carbonyl (C=O) groups excluding carboxylic acids is 1. The SMILES string of the molecule is CCCn1nnnc1COC(=O)c1cc([N+](=O)[O-])ccc1N(C)C. The highest BCUT2D eigenvalue weighted by Gasteiger charge is 2.20. The topological polar surface area (TPSA) is 116 Å². The molecule has 2 rings (SSSR count). The minimum atomic E-state index is -0.673. The average Bonchev–Trinajstić information content (AvgIpc) is 2.99. The monoisotopic (exact) mass is 334 g/mol. The fourth-order valence-electron chi connectivity index (χ4n) is 2.11. The number of non-ortho nitro benzene ring substituents is 1. The molecule has 0 amide bonds. The lowest BCUT2D eigenvalue weighted by molar-refractivity contribution is -0.384. The molecule has 0 unspecified atom stereocenters. The smallest absolute Gasteiger partial charge is 0.340 e. The maximum atomic E-state index is 12.4. The molecule has 0 spiro atoms. The van der Waals surface area contributed by atoms with Gasteiger partial charge in [0.05, 0.1) is 16.2 Å². The third-order valence-electron chi connectivity index (χ3n) is 3.27. The Hall–Kier alpha value is -3.04. The first-order valence-corrected chi connectivity index (χ1v) is 7.32. The predicted octanol–water partition coefficient (Wildman–Crippen LogP) is 1.41. The van der Waals surface area contributed by atoms with Gasteiger partial charge >= 0.3 is 5.97 Å². The molecular weight excluding hydrogens is 316 g/mol. The number of rotatable bonds is 7. The van der Waals surface area contributed by atoms with Gasteiger partial charge in [0.15, 0.2) is 12.4 Å². The minimum absolute atomic E-state index is 0.110. The molecule has 0 atom stereocenters. The first kappa shape index (κ1) is 17.3. The summed E-state index contributed by atoms with van der Waals surface area (Å²) in [6.45, 7) is 2.48. The molecule has 0 aliphatic heterocycles.